The minimum Gasteiger partial charge on any atom is -0.384 e. The number of hydrogen-bond donors (Lipinski definition) is 2. The quantitative estimate of drug-likeness (QED) is 0.799. The van der Waals surface area contributed by atoms with E-state index in [-0.39, 0.29) is 5.91 Å². The van der Waals surface area contributed by atoms with Crippen LogP contribution in [0.4, 0.5) is 5.69 Å². The highest BCUT2D eigenvalue weighted by atomic mass is 32.2. The molecule has 1 fully saturated rings. The van der Waals surface area contributed by atoms with E-state index in [2.05, 4.69) is 5.32 Å². The molecule has 2 unspecified atom stereocenters. The maximum atomic E-state index is 11.2. The number of nitrogens with two attached hydrogens (primary N) is 1. The predicted octanol–water partition coefficient (Wildman–Crippen LogP) is 2.05. The smallest absolute Gasteiger partial charge is 0.248 e. The van der Waals surface area contributed by atoms with Crippen molar-refractivity contribution in [1.29, 1.82) is 0 Å². The number of nitrogens with one attached hydrogen (secondary N) is 1. The third kappa shape index (κ3) is 1.90. The maximum Gasteiger partial charge on any atom is 0.248 e. The van der Waals surface area contributed by atoms with Crippen molar-refractivity contribution >= 4 is 23.4 Å². The summed E-state index contributed by atoms with van der Waals surface area (Å²) < 4.78 is 0. The average Bonchev–Trinajstić information content (AvgIpc) is 2.38. The third-order valence-electron chi connectivity index (χ3n) is 3.76. The van der Waals surface area contributed by atoms with Gasteiger partial charge in [0.05, 0.1) is 0 Å². The van der Waals surface area contributed by atoms with Crippen molar-refractivity contribution < 1.29 is 4.79 Å². The van der Waals surface area contributed by atoms with Crippen LogP contribution in [-0.4, -0.2) is 24.0 Å². The van der Waals surface area contributed by atoms with Gasteiger partial charge in [-0.25, -0.2) is 0 Å². The van der Waals surface area contributed by atoms with E-state index in [0.29, 0.717) is 17.4 Å². The van der Waals surface area contributed by atoms with Gasteiger partial charge in [-0.3, -0.25) is 4.79 Å². The van der Waals surface area contributed by atoms with E-state index in [1.54, 1.807) is 0 Å². The van der Waals surface area contributed by atoms with Gasteiger partial charge in [-0.15, -0.1) is 0 Å². The Morgan fingerprint density at radius 3 is 3.18 bits per heavy atom. The summed E-state index contributed by atoms with van der Waals surface area (Å²) in [6.07, 6.45) is 1.21. The van der Waals surface area contributed by atoms with Crippen LogP contribution >= 0.6 is 11.8 Å². The van der Waals surface area contributed by atoms with Crippen LogP contribution < -0.4 is 11.1 Å². The summed E-state index contributed by atoms with van der Waals surface area (Å²) in [7, 11) is 0. The summed E-state index contributed by atoms with van der Waals surface area (Å²) in [6, 6.07) is 5.79. The molecule has 2 aliphatic rings. The fourth-order valence-electron chi connectivity index (χ4n) is 2.83. The molecule has 90 valence electrons. The zero-order valence-corrected chi connectivity index (χ0v) is 10.4. The van der Waals surface area contributed by atoms with E-state index in [1.165, 1.54) is 29.2 Å². The third-order valence-corrected chi connectivity index (χ3v) is 4.95. The highest BCUT2D eigenvalue weighted by molar-refractivity contribution is 7.99. The number of rotatable bonds is 1. The zero-order chi connectivity index (χ0) is 11.8. The molecule has 17 heavy (non-hydrogen) atoms. The highest BCUT2D eigenvalue weighted by Gasteiger charge is 2.32. The Morgan fingerprint density at radius 1 is 1.47 bits per heavy atom. The van der Waals surface area contributed by atoms with Crippen molar-refractivity contribution in [3.8, 4) is 0 Å². The molecular formula is C13H16N2OS. The number of carbonyl (C=O) groups is 1. The molecule has 0 radical (unpaired) electrons. The largest absolute Gasteiger partial charge is 0.384 e. The lowest BCUT2D eigenvalue weighted by Crippen LogP contribution is -2.32. The second-order valence-electron chi connectivity index (χ2n) is 4.78. The molecule has 0 saturated carbocycles. The van der Waals surface area contributed by atoms with Crippen LogP contribution in [-0.2, 0) is 0 Å². The van der Waals surface area contributed by atoms with Gasteiger partial charge in [0, 0.05) is 17.8 Å². The van der Waals surface area contributed by atoms with E-state index in [9.17, 15) is 4.79 Å². The Hall–Kier alpha value is -1.16. The Balaban J connectivity index is 2.01. The molecular weight excluding hydrogens is 232 g/mol. The number of fused-ring (bicyclic) bond motifs is 3. The van der Waals surface area contributed by atoms with Crippen molar-refractivity contribution in [1.82, 2.24) is 0 Å². The van der Waals surface area contributed by atoms with Crippen LogP contribution in [0.15, 0.2) is 18.2 Å². The van der Waals surface area contributed by atoms with E-state index >= 15 is 0 Å². The first-order valence-electron chi connectivity index (χ1n) is 6.01. The number of carbonyl (C=O) groups excluding carboxylic acids is 1. The van der Waals surface area contributed by atoms with Crippen molar-refractivity contribution in [3.05, 3.63) is 29.3 Å². The normalized spacial score (nSPS) is 26.6. The average molecular weight is 248 g/mol. The molecule has 1 aromatic rings. The van der Waals surface area contributed by atoms with E-state index < -0.39 is 0 Å². The molecule has 0 aromatic heterocycles. The van der Waals surface area contributed by atoms with Crippen molar-refractivity contribution in [3.63, 3.8) is 0 Å². The number of benzene rings is 1. The van der Waals surface area contributed by atoms with Gasteiger partial charge in [-0.2, -0.15) is 11.8 Å². The Kier molecular flexibility index (Phi) is 2.74. The topological polar surface area (TPSA) is 55.1 Å². The first kappa shape index (κ1) is 11.0. The van der Waals surface area contributed by atoms with Crippen LogP contribution in [0.2, 0.25) is 0 Å². The fourth-order valence-corrected chi connectivity index (χ4v) is 4.07. The van der Waals surface area contributed by atoms with Crippen molar-refractivity contribution in [2.45, 2.75) is 12.3 Å². The molecule has 1 aromatic carbocycles. The van der Waals surface area contributed by atoms with Crippen LogP contribution in [0, 0.1) is 5.92 Å². The summed E-state index contributed by atoms with van der Waals surface area (Å²) in [5.41, 5.74) is 8.45. The SMILES string of the molecule is NC(=O)c1ccc2c(c1)C1CCSCC1CN2. The zero-order valence-electron chi connectivity index (χ0n) is 9.61. The first-order valence-corrected chi connectivity index (χ1v) is 7.16. The summed E-state index contributed by atoms with van der Waals surface area (Å²) in [5.74, 6) is 3.41. The number of primary amides is 1. The lowest BCUT2D eigenvalue weighted by atomic mass is 9.80. The van der Waals surface area contributed by atoms with Crippen molar-refractivity contribution in [2.75, 3.05) is 23.4 Å². The molecule has 3 N–H and O–H groups in total. The second-order valence-corrected chi connectivity index (χ2v) is 5.93. The molecule has 0 aliphatic carbocycles. The molecule has 3 rings (SSSR count). The number of amides is 1. The van der Waals surface area contributed by atoms with E-state index in [4.69, 9.17) is 5.73 Å². The van der Waals surface area contributed by atoms with Gasteiger partial charge < -0.3 is 11.1 Å². The highest BCUT2D eigenvalue weighted by Crippen LogP contribution is 2.42. The number of thioether (sulfide) groups is 1. The minimum absolute atomic E-state index is 0.333. The molecule has 2 heterocycles. The molecule has 1 saturated heterocycles. The summed E-state index contributed by atoms with van der Waals surface area (Å²) >= 11 is 2.03. The standard InChI is InChI=1S/C13H16N2OS/c14-13(16)8-1-2-12-11(5-8)10-3-4-17-7-9(10)6-15-12/h1-2,5,9-10,15H,3-4,6-7H2,(H2,14,16). The summed E-state index contributed by atoms with van der Waals surface area (Å²) in [5, 5.41) is 3.46. The number of anilines is 1. The summed E-state index contributed by atoms with van der Waals surface area (Å²) in [4.78, 5) is 11.2. The van der Waals surface area contributed by atoms with Crippen LogP contribution in [0.1, 0.15) is 28.3 Å². The molecule has 0 bridgehead atoms. The minimum atomic E-state index is -0.333. The van der Waals surface area contributed by atoms with Crippen LogP contribution in [0.25, 0.3) is 0 Å². The molecule has 2 aliphatic heterocycles. The van der Waals surface area contributed by atoms with Gasteiger partial charge in [-0.1, -0.05) is 0 Å². The lowest BCUT2D eigenvalue weighted by Gasteiger charge is -2.37. The Morgan fingerprint density at radius 2 is 2.35 bits per heavy atom. The first-order chi connectivity index (χ1) is 8.25. The maximum absolute atomic E-state index is 11.2. The second kappa shape index (κ2) is 4.26. The summed E-state index contributed by atoms with van der Waals surface area (Å²) in [6.45, 7) is 1.06. The van der Waals surface area contributed by atoms with E-state index in [0.717, 1.165) is 6.54 Å². The fraction of sp³-hybridized carbons (Fsp3) is 0.462. The molecule has 2 atom stereocenters. The molecule has 0 spiro atoms. The molecule has 4 heteroatoms. The predicted molar refractivity (Wildman–Crippen MR) is 71.6 cm³/mol. The van der Waals surface area contributed by atoms with Gasteiger partial charge in [0.15, 0.2) is 0 Å². The van der Waals surface area contributed by atoms with Crippen LogP contribution in [0.3, 0.4) is 0 Å². The monoisotopic (exact) mass is 248 g/mol. The van der Waals surface area contributed by atoms with Crippen LogP contribution in [0.5, 0.6) is 0 Å². The number of hydrogen-bond acceptors (Lipinski definition) is 3. The van der Waals surface area contributed by atoms with Gasteiger partial charge in [0.25, 0.3) is 0 Å². The van der Waals surface area contributed by atoms with E-state index in [1.807, 2.05) is 30.0 Å². The molecule has 3 nitrogen and oxygen atoms in total. The van der Waals surface area contributed by atoms with Gasteiger partial charge >= 0.3 is 0 Å². The van der Waals surface area contributed by atoms with Crippen molar-refractivity contribution in [2.24, 2.45) is 11.7 Å². The van der Waals surface area contributed by atoms with Gasteiger partial charge in [-0.05, 0) is 53.5 Å². The Labute approximate surface area is 105 Å². The van der Waals surface area contributed by atoms with Gasteiger partial charge in [0.2, 0.25) is 5.91 Å². The Bertz CT molecular complexity index is 461. The molecule has 1 amide bonds. The lowest BCUT2D eigenvalue weighted by molar-refractivity contribution is 0.1000. The van der Waals surface area contributed by atoms with Gasteiger partial charge in [0.1, 0.15) is 0 Å².